The van der Waals surface area contributed by atoms with Crippen LogP contribution >= 0.6 is 11.8 Å². The molecule has 1 heteroatoms. The largest absolute Gasteiger partial charge is 0.158 e. The van der Waals surface area contributed by atoms with Crippen LogP contribution in [-0.4, -0.2) is 11.0 Å². The van der Waals surface area contributed by atoms with Crippen molar-refractivity contribution in [1.82, 2.24) is 0 Å². The molecular formula is C14H28S. The molecule has 0 N–H and O–H groups in total. The maximum atomic E-state index is 2.45. The molecular weight excluding hydrogens is 200 g/mol. The second-order valence-electron chi connectivity index (χ2n) is 5.57. The summed E-state index contributed by atoms with van der Waals surface area (Å²) < 4.78 is 0. The van der Waals surface area contributed by atoms with E-state index in [0.29, 0.717) is 0 Å². The molecule has 0 aromatic heterocycles. The van der Waals surface area contributed by atoms with Crippen LogP contribution in [0.4, 0.5) is 0 Å². The second kappa shape index (κ2) is 6.83. The van der Waals surface area contributed by atoms with Crippen molar-refractivity contribution in [3.8, 4) is 0 Å². The Balaban J connectivity index is 2.19. The van der Waals surface area contributed by atoms with Gasteiger partial charge in [-0.2, -0.15) is 11.8 Å². The zero-order valence-corrected chi connectivity index (χ0v) is 11.8. The predicted octanol–water partition coefficient (Wildman–Crippen LogP) is 4.98. The van der Waals surface area contributed by atoms with Crippen molar-refractivity contribution < 1.29 is 0 Å². The molecule has 0 heterocycles. The topological polar surface area (TPSA) is 0 Å². The predicted molar refractivity (Wildman–Crippen MR) is 72.5 cm³/mol. The van der Waals surface area contributed by atoms with E-state index in [0.717, 1.165) is 23.0 Å². The van der Waals surface area contributed by atoms with E-state index < -0.39 is 0 Å². The summed E-state index contributed by atoms with van der Waals surface area (Å²) in [5.74, 6) is 4.27. The lowest BCUT2D eigenvalue weighted by molar-refractivity contribution is 0.289. The minimum atomic E-state index is 0.895. The number of hydrogen-bond acceptors (Lipinski definition) is 1. The molecule has 2 atom stereocenters. The van der Waals surface area contributed by atoms with Gasteiger partial charge in [-0.1, -0.05) is 47.0 Å². The Morgan fingerprint density at radius 2 is 1.73 bits per heavy atom. The lowest BCUT2D eigenvalue weighted by Gasteiger charge is -2.30. The second-order valence-corrected chi connectivity index (χ2v) is 6.98. The molecule has 1 aliphatic carbocycles. The van der Waals surface area contributed by atoms with Gasteiger partial charge in [-0.25, -0.2) is 0 Å². The maximum Gasteiger partial charge on any atom is 0.00470 e. The van der Waals surface area contributed by atoms with E-state index in [1.54, 1.807) is 0 Å². The van der Waals surface area contributed by atoms with Gasteiger partial charge in [0.05, 0.1) is 0 Å². The van der Waals surface area contributed by atoms with E-state index >= 15 is 0 Å². The molecule has 0 aromatic rings. The minimum Gasteiger partial charge on any atom is -0.158 e. The van der Waals surface area contributed by atoms with Crippen LogP contribution in [0.15, 0.2) is 0 Å². The third-order valence-corrected chi connectivity index (χ3v) is 5.74. The van der Waals surface area contributed by atoms with E-state index in [9.17, 15) is 0 Å². The Bertz CT molecular complexity index is 159. The van der Waals surface area contributed by atoms with Crippen LogP contribution in [0.1, 0.15) is 59.8 Å². The molecule has 15 heavy (non-hydrogen) atoms. The lowest BCUT2D eigenvalue weighted by atomic mass is 9.81. The summed E-state index contributed by atoms with van der Waals surface area (Å²) in [4.78, 5) is 0. The Morgan fingerprint density at radius 3 is 2.27 bits per heavy atom. The third-order valence-electron chi connectivity index (χ3n) is 4.06. The van der Waals surface area contributed by atoms with Gasteiger partial charge >= 0.3 is 0 Å². The summed E-state index contributed by atoms with van der Waals surface area (Å²) in [6.45, 7) is 9.54. The number of thioether (sulfide) groups is 1. The monoisotopic (exact) mass is 228 g/mol. The van der Waals surface area contributed by atoms with Crippen molar-refractivity contribution in [2.75, 3.05) is 5.75 Å². The molecule has 0 saturated heterocycles. The van der Waals surface area contributed by atoms with Crippen LogP contribution in [0.3, 0.4) is 0 Å². The Hall–Kier alpha value is 0.350. The van der Waals surface area contributed by atoms with Crippen LogP contribution in [0.2, 0.25) is 0 Å². The van der Waals surface area contributed by atoms with Gasteiger partial charge in [-0.3, -0.25) is 0 Å². The summed E-state index contributed by atoms with van der Waals surface area (Å²) in [5.41, 5.74) is 0. The molecule has 90 valence electrons. The van der Waals surface area contributed by atoms with Crippen LogP contribution in [0.25, 0.3) is 0 Å². The summed E-state index contributed by atoms with van der Waals surface area (Å²) in [6.07, 6.45) is 7.24. The van der Waals surface area contributed by atoms with Crippen molar-refractivity contribution in [2.45, 2.75) is 65.0 Å². The van der Waals surface area contributed by atoms with E-state index in [1.807, 2.05) is 0 Å². The van der Waals surface area contributed by atoms with Gasteiger partial charge in [0, 0.05) is 5.25 Å². The molecule has 0 spiro atoms. The lowest BCUT2D eigenvalue weighted by Crippen LogP contribution is -2.21. The Morgan fingerprint density at radius 1 is 1.13 bits per heavy atom. The first-order chi connectivity index (χ1) is 7.13. The first kappa shape index (κ1) is 13.4. The van der Waals surface area contributed by atoms with Crippen molar-refractivity contribution >= 4 is 11.8 Å². The molecule has 0 aliphatic heterocycles. The number of hydrogen-bond donors (Lipinski definition) is 0. The van der Waals surface area contributed by atoms with Crippen LogP contribution < -0.4 is 0 Å². The molecule has 0 radical (unpaired) electrons. The summed E-state index contributed by atoms with van der Waals surface area (Å²) in [5, 5.41) is 0.895. The van der Waals surface area contributed by atoms with Crippen LogP contribution in [0, 0.1) is 17.8 Å². The molecule has 1 fully saturated rings. The highest BCUT2D eigenvalue weighted by Gasteiger charge is 2.23. The van der Waals surface area contributed by atoms with Gasteiger partial charge < -0.3 is 0 Å². The van der Waals surface area contributed by atoms with E-state index in [4.69, 9.17) is 0 Å². The van der Waals surface area contributed by atoms with E-state index in [2.05, 4.69) is 39.5 Å². The number of rotatable bonds is 5. The van der Waals surface area contributed by atoms with Crippen molar-refractivity contribution in [3.05, 3.63) is 0 Å². The first-order valence-electron chi connectivity index (χ1n) is 6.75. The summed E-state index contributed by atoms with van der Waals surface area (Å²) in [6, 6.07) is 0. The first-order valence-corrected chi connectivity index (χ1v) is 7.80. The third kappa shape index (κ3) is 4.80. The fraction of sp³-hybridized carbons (Fsp3) is 1.00. The SMILES string of the molecule is CCC(C)CSC(C)C1CCC(C)CC1. The normalized spacial score (nSPS) is 31.2. The Labute approximate surface area is 101 Å². The van der Waals surface area contributed by atoms with Gasteiger partial charge in [-0.15, -0.1) is 0 Å². The van der Waals surface area contributed by atoms with Gasteiger partial charge in [0.1, 0.15) is 0 Å². The van der Waals surface area contributed by atoms with Crippen molar-refractivity contribution in [2.24, 2.45) is 17.8 Å². The van der Waals surface area contributed by atoms with Gasteiger partial charge in [-0.05, 0) is 36.3 Å². The molecule has 1 rings (SSSR count). The van der Waals surface area contributed by atoms with Crippen molar-refractivity contribution in [3.63, 3.8) is 0 Å². The van der Waals surface area contributed by atoms with Gasteiger partial charge in [0.2, 0.25) is 0 Å². The minimum absolute atomic E-state index is 0.895. The average molecular weight is 228 g/mol. The van der Waals surface area contributed by atoms with Crippen molar-refractivity contribution in [1.29, 1.82) is 0 Å². The van der Waals surface area contributed by atoms with E-state index in [1.165, 1.54) is 37.9 Å². The molecule has 2 unspecified atom stereocenters. The highest BCUT2D eigenvalue weighted by Crippen LogP contribution is 2.35. The molecule has 0 amide bonds. The van der Waals surface area contributed by atoms with Crippen LogP contribution in [-0.2, 0) is 0 Å². The smallest absolute Gasteiger partial charge is 0.00470 e. The summed E-state index contributed by atoms with van der Waals surface area (Å²) in [7, 11) is 0. The zero-order valence-electron chi connectivity index (χ0n) is 11.0. The zero-order chi connectivity index (χ0) is 11.3. The highest BCUT2D eigenvalue weighted by atomic mass is 32.2. The molecule has 1 aliphatic rings. The quantitative estimate of drug-likeness (QED) is 0.639. The maximum absolute atomic E-state index is 2.45. The molecule has 0 aromatic carbocycles. The molecule has 0 nitrogen and oxygen atoms in total. The fourth-order valence-corrected chi connectivity index (χ4v) is 3.74. The summed E-state index contributed by atoms with van der Waals surface area (Å²) >= 11 is 2.22. The molecule has 1 saturated carbocycles. The highest BCUT2D eigenvalue weighted by molar-refractivity contribution is 7.99. The Kier molecular flexibility index (Phi) is 6.11. The van der Waals surface area contributed by atoms with E-state index in [-0.39, 0.29) is 0 Å². The van der Waals surface area contributed by atoms with Gasteiger partial charge in [0.15, 0.2) is 0 Å². The standard InChI is InChI=1S/C14H28S/c1-5-11(2)10-15-13(4)14-8-6-12(3)7-9-14/h11-14H,5-10H2,1-4H3. The fourth-order valence-electron chi connectivity index (χ4n) is 2.33. The van der Waals surface area contributed by atoms with Gasteiger partial charge in [0.25, 0.3) is 0 Å². The van der Waals surface area contributed by atoms with Crippen LogP contribution in [0.5, 0.6) is 0 Å². The average Bonchev–Trinajstić information content (AvgIpc) is 2.26. The molecule has 0 bridgehead atoms.